The van der Waals surface area contributed by atoms with E-state index < -0.39 is 11.8 Å². The number of carbonyl (C=O) groups excluding carboxylic acids is 2. The van der Waals surface area contributed by atoms with Crippen molar-refractivity contribution in [3.8, 4) is 5.69 Å². The first-order valence-electron chi connectivity index (χ1n) is 10.8. The molecule has 3 atom stereocenters. The third kappa shape index (κ3) is 5.14. The fourth-order valence-corrected chi connectivity index (χ4v) is 4.46. The fraction of sp³-hybridized carbons (Fsp3) is 0.280. The molecule has 33 heavy (non-hydrogen) atoms. The summed E-state index contributed by atoms with van der Waals surface area (Å²) in [5.41, 5.74) is 2.08. The van der Waals surface area contributed by atoms with Crippen LogP contribution in [0.1, 0.15) is 25.3 Å². The molecular formula is C25H25ClN4O3. The molecule has 7 nitrogen and oxygen atoms in total. The number of halogens is 1. The van der Waals surface area contributed by atoms with Gasteiger partial charge in [0.1, 0.15) is 5.82 Å². The first kappa shape index (κ1) is 22.7. The van der Waals surface area contributed by atoms with Gasteiger partial charge >= 0.3 is 0 Å². The monoisotopic (exact) mass is 464 g/mol. The Morgan fingerprint density at radius 2 is 1.76 bits per heavy atom. The van der Waals surface area contributed by atoms with E-state index in [0.717, 1.165) is 11.3 Å². The van der Waals surface area contributed by atoms with Gasteiger partial charge in [0.2, 0.25) is 11.8 Å². The molecule has 0 radical (unpaired) electrons. The number of carbonyl (C=O) groups is 2. The van der Waals surface area contributed by atoms with Crippen molar-refractivity contribution in [1.29, 1.82) is 0 Å². The predicted octanol–water partition coefficient (Wildman–Crippen LogP) is 4.43. The van der Waals surface area contributed by atoms with Crippen molar-refractivity contribution in [1.82, 2.24) is 9.55 Å². The molecule has 8 heteroatoms. The third-order valence-corrected chi connectivity index (χ3v) is 6.24. The molecule has 1 aliphatic carbocycles. The number of aromatic nitrogens is 2. The van der Waals surface area contributed by atoms with Crippen LogP contribution in [0.5, 0.6) is 0 Å². The van der Waals surface area contributed by atoms with Gasteiger partial charge in [-0.1, -0.05) is 24.6 Å². The molecule has 1 fully saturated rings. The second-order valence-electron chi connectivity index (χ2n) is 8.54. The predicted molar refractivity (Wildman–Crippen MR) is 129 cm³/mol. The quantitative estimate of drug-likeness (QED) is 0.584. The molecule has 2 N–H and O–H groups in total. The number of amides is 2. The van der Waals surface area contributed by atoms with E-state index in [9.17, 15) is 14.4 Å². The molecule has 1 saturated carbocycles. The summed E-state index contributed by atoms with van der Waals surface area (Å²) < 4.78 is 1.54. The Hall–Kier alpha value is -3.45. The second-order valence-corrected chi connectivity index (χ2v) is 8.97. The van der Waals surface area contributed by atoms with Crippen molar-refractivity contribution in [2.75, 3.05) is 10.6 Å². The van der Waals surface area contributed by atoms with E-state index in [0.29, 0.717) is 29.4 Å². The summed E-state index contributed by atoms with van der Waals surface area (Å²) in [6.07, 6.45) is 4.43. The minimum absolute atomic E-state index is 0.127. The van der Waals surface area contributed by atoms with Gasteiger partial charge < -0.3 is 10.6 Å². The minimum Gasteiger partial charge on any atom is -0.326 e. The average molecular weight is 465 g/mol. The van der Waals surface area contributed by atoms with E-state index >= 15 is 0 Å². The molecular weight excluding hydrogens is 440 g/mol. The maximum absolute atomic E-state index is 13.2. The molecule has 0 aliphatic heterocycles. The molecule has 2 amide bonds. The number of nitrogens with one attached hydrogen (secondary N) is 2. The van der Waals surface area contributed by atoms with E-state index in [1.165, 1.54) is 12.3 Å². The van der Waals surface area contributed by atoms with Crippen LogP contribution in [0, 0.1) is 24.7 Å². The maximum atomic E-state index is 13.2. The number of hydrogen-bond donors (Lipinski definition) is 2. The van der Waals surface area contributed by atoms with Crippen LogP contribution >= 0.6 is 11.6 Å². The van der Waals surface area contributed by atoms with E-state index in [4.69, 9.17) is 11.6 Å². The van der Waals surface area contributed by atoms with Crippen LogP contribution in [-0.4, -0.2) is 21.4 Å². The molecule has 2 heterocycles. The van der Waals surface area contributed by atoms with Gasteiger partial charge in [-0.2, -0.15) is 0 Å². The first-order valence-corrected chi connectivity index (χ1v) is 11.2. The van der Waals surface area contributed by atoms with Crippen LogP contribution < -0.4 is 16.2 Å². The Morgan fingerprint density at radius 1 is 1.03 bits per heavy atom. The number of benzene rings is 1. The van der Waals surface area contributed by atoms with Crippen molar-refractivity contribution < 1.29 is 9.59 Å². The van der Waals surface area contributed by atoms with Crippen molar-refractivity contribution >= 4 is 34.9 Å². The summed E-state index contributed by atoms with van der Waals surface area (Å²) in [4.78, 5) is 42.3. The summed E-state index contributed by atoms with van der Waals surface area (Å²) in [6.45, 7) is 3.92. The molecule has 1 aromatic carbocycles. The lowest BCUT2D eigenvalue weighted by Crippen LogP contribution is -2.33. The number of anilines is 2. The number of rotatable bonds is 5. The Morgan fingerprint density at radius 3 is 2.39 bits per heavy atom. The summed E-state index contributed by atoms with van der Waals surface area (Å²) >= 11 is 5.86. The molecule has 2 aromatic heterocycles. The van der Waals surface area contributed by atoms with Gasteiger partial charge in [0.05, 0.1) is 16.9 Å². The van der Waals surface area contributed by atoms with Gasteiger partial charge in [0.25, 0.3) is 5.56 Å². The van der Waals surface area contributed by atoms with E-state index in [1.807, 2.05) is 19.9 Å². The fourth-order valence-electron chi connectivity index (χ4n) is 4.34. The zero-order valence-electron chi connectivity index (χ0n) is 18.4. The second kappa shape index (κ2) is 9.58. The summed E-state index contributed by atoms with van der Waals surface area (Å²) in [6, 6.07) is 13.7. The summed E-state index contributed by atoms with van der Waals surface area (Å²) in [5, 5.41) is 6.27. The Bertz CT molecular complexity index is 1240. The van der Waals surface area contributed by atoms with E-state index in [-0.39, 0.29) is 23.3 Å². The largest absolute Gasteiger partial charge is 0.326 e. The number of pyridine rings is 2. The van der Waals surface area contributed by atoms with Crippen molar-refractivity contribution in [2.45, 2.75) is 26.7 Å². The topological polar surface area (TPSA) is 93.1 Å². The SMILES string of the molecule is Cc1cc(-n2ccccc2=O)ccc1NC(=O)[C@H]1C[C@@H](C)CC1C(=O)Nc1ccc(Cl)cn1. The molecule has 1 aliphatic rings. The standard InChI is InChI=1S/C25H25ClN4O3/c1-15-11-19(20(12-15)25(33)29-22-9-6-17(26)14-27-22)24(32)28-21-8-7-18(13-16(21)2)30-10-4-3-5-23(30)31/h3-10,13-15,19-20H,11-12H2,1-2H3,(H,28,32)(H,27,29,33)/t15-,19+,20?/m1/s1. The smallest absolute Gasteiger partial charge is 0.255 e. The minimum atomic E-state index is -0.444. The summed E-state index contributed by atoms with van der Waals surface area (Å²) in [7, 11) is 0. The molecule has 0 bridgehead atoms. The van der Waals surface area contributed by atoms with Crippen LogP contribution in [0.25, 0.3) is 5.69 Å². The van der Waals surface area contributed by atoms with Crippen LogP contribution in [-0.2, 0) is 9.59 Å². The van der Waals surface area contributed by atoms with Gasteiger partial charge in [-0.15, -0.1) is 0 Å². The lowest BCUT2D eigenvalue weighted by molar-refractivity contribution is -0.128. The highest BCUT2D eigenvalue weighted by atomic mass is 35.5. The molecule has 4 rings (SSSR count). The Kier molecular flexibility index (Phi) is 6.60. The molecule has 3 aromatic rings. The maximum Gasteiger partial charge on any atom is 0.255 e. The summed E-state index contributed by atoms with van der Waals surface area (Å²) in [5.74, 6) is -0.627. The zero-order chi connectivity index (χ0) is 23.5. The van der Waals surface area contributed by atoms with Gasteiger partial charge in [0.15, 0.2) is 0 Å². The molecule has 0 spiro atoms. The molecule has 170 valence electrons. The van der Waals surface area contributed by atoms with Crippen molar-refractivity contribution in [3.05, 3.63) is 81.9 Å². The van der Waals surface area contributed by atoms with Crippen molar-refractivity contribution in [3.63, 3.8) is 0 Å². The van der Waals surface area contributed by atoms with Gasteiger partial charge in [-0.3, -0.25) is 19.0 Å². The van der Waals surface area contributed by atoms with Crippen LogP contribution in [0.2, 0.25) is 5.02 Å². The van der Waals surface area contributed by atoms with Crippen LogP contribution in [0.3, 0.4) is 0 Å². The van der Waals surface area contributed by atoms with Gasteiger partial charge in [-0.05, 0) is 67.6 Å². The molecule has 0 saturated heterocycles. The molecule has 1 unspecified atom stereocenters. The average Bonchev–Trinajstić information content (AvgIpc) is 3.19. The normalized spacial score (nSPS) is 19.8. The van der Waals surface area contributed by atoms with Gasteiger partial charge in [-0.25, -0.2) is 4.98 Å². The lowest BCUT2D eigenvalue weighted by Gasteiger charge is -2.19. The zero-order valence-corrected chi connectivity index (χ0v) is 19.2. The Balaban J connectivity index is 1.48. The lowest BCUT2D eigenvalue weighted by atomic mass is 9.94. The highest BCUT2D eigenvalue weighted by Crippen LogP contribution is 2.38. The van der Waals surface area contributed by atoms with Crippen molar-refractivity contribution in [2.24, 2.45) is 17.8 Å². The number of aryl methyl sites for hydroxylation is 1. The Labute approximate surface area is 196 Å². The van der Waals surface area contributed by atoms with Crippen LogP contribution in [0.15, 0.2) is 65.7 Å². The first-order chi connectivity index (χ1) is 15.8. The van der Waals surface area contributed by atoms with Crippen LogP contribution in [0.4, 0.5) is 11.5 Å². The van der Waals surface area contributed by atoms with Gasteiger partial charge in [0, 0.05) is 29.8 Å². The highest BCUT2D eigenvalue weighted by Gasteiger charge is 2.41. The van der Waals surface area contributed by atoms with E-state index in [2.05, 4.69) is 15.6 Å². The third-order valence-electron chi connectivity index (χ3n) is 6.02. The highest BCUT2D eigenvalue weighted by molar-refractivity contribution is 6.30. The van der Waals surface area contributed by atoms with E-state index in [1.54, 1.807) is 47.2 Å². The number of hydrogen-bond acceptors (Lipinski definition) is 4. The number of nitrogens with zero attached hydrogens (tertiary/aromatic N) is 2.